The number of nitrogens with zero attached hydrogens (tertiary/aromatic N) is 1. The monoisotopic (exact) mass is 220 g/mol. The predicted molar refractivity (Wildman–Crippen MR) is 60.9 cm³/mol. The zero-order chi connectivity index (χ0) is 11.8. The summed E-state index contributed by atoms with van der Waals surface area (Å²) in [5, 5.41) is 20.4. The van der Waals surface area contributed by atoms with Crippen molar-refractivity contribution in [2.24, 2.45) is 0 Å². The van der Waals surface area contributed by atoms with Crippen LogP contribution in [0.2, 0.25) is 0 Å². The molecule has 4 heteroatoms. The molecule has 0 aliphatic heterocycles. The van der Waals surface area contributed by atoms with Crippen LogP contribution in [-0.4, -0.2) is 24.4 Å². The Morgan fingerprint density at radius 2 is 2.12 bits per heavy atom. The zero-order valence-electron chi connectivity index (χ0n) is 9.31. The van der Waals surface area contributed by atoms with E-state index in [-0.39, 0.29) is 19.3 Å². The van der Waals surface area contributed by atoms with Gasteiger partial charge in [0.1, 0.15) is 11.8 Å². The van der Waals surface area contributed by atoms with Gasteiger partial charge < -0.3 is 15.2 Å². The second kappa shape index (κ2) is 6.83. The molecule has 4 nitrogen and oxygen atoms in total. The van der Waals surface area contributed by atoms with E-state index in [4.69, 9.17) is 15.1 Å². The van der Waals surface area contributed by atoms with E-state index in [9.17, 15) is 0 Å². The summed E-state index contributed by atoms with van der Waals surface area (Å²) >= 11 is 0. The molecular weight excluding hydrogens is 204 g/mol. The number of nitrogens with one attached hydrogen (secondary N) is 1. The Balaban J connectivity index is 2.42. The van der Waals surface area contributed by atoms with E-state index in [1.165, 1.54) is 0 Å². The first kappa shape index (κ1) is 12.5. The lowest BCUT2D eigenvalue weighted by molar-refractivity contribution is 0.251. The lowest BCUT2D eigenvalue weighted by Crippen LogP contribution is -2.28. The normalized spacial score (nSPS) is 11.8. The molecule has 0 aliphatic carbocycles. The van der Waals surface area contributed by atoms with Crippen molar-refractivity contribution in [3.63, 3.8) is 0 Å². The van der Waals surface area contributed by atoms with E-state index < -0.39 is 0 Å². The predicted octanol–water partition coefficient (Wildman–Crippen LogP) is 1.06. The maximum atomic E-state index is 8.84. The summed E-state index contributed by atoms with van der Waals surface area (Å²) in [6.07, 6.45) is 0. The summed E-state index contributed by atoms with van der Waals surface area (Å²) < 4.78 is 5.14. The Bertz CT molecular complexity index is 343. The van der Waals surface area contributed by atoms with Crippen LogP contribution in [-0.2, 0) is 6.54 Å². The summed E-state index contributed by atoms with van der Waals surface area (Å²) in [5.41, 5.74) is 1.12. The number of hydrogen-bond donors (Lipinski definition) is 2. The van der Waals surface area contributed by atoms with Crippen molar-refractivity contribution in [1.82, 2.24) is 5.32 Å². The van der Waals surface area contributed by atoms with Gasteiger partial charge in [-0.25, -0.2) is 0 Å². The van der Waals surface area contributed by atoms with Gasteiger partial charge in [0.25, 0.3) is 0 Å². The molecule has 0 saturated carbocycles. The molecule has 0 aromatic heterocycles. The van der Waals surface area contributed by atoms with E-state index in [1.54, 1.807) is 0 Å². The minimum Gasteiger partial charge on any atom is -0.479 e. The fourth-order valence-electron chi connectivity index (χ4n) is 1.18. The second-order valence-corrected chi connectivity index (χ2v) is 3.56. The number of rotatable bonds is 6. The van der Waals surface area contributed by atoms with Gasteiger partial charge in [-0.05, 0) is 24.6 Å². The van der Waals surface area contributed by atoms with E-state index in [1.807, 2.05) is 37.3 Å². The summed E-state index contributed by atoms with van der Waals surface area (Å²) in [6, 6.07) is 9.54. The van der Waals surface area contributed by atoms with Crippen molar-refractivity contribution in [2.75, 3.05) is 13.2 Å². The molecule has 1 aromatic rings. The van der Waals surface area contributed by atoms with Crippen molar-refractivity contribution >= 4 is 0 Å². The third kappa shape index (κ3) is 4.30. The molecule has 0 aliphatic rings. The van der Waals surface area contributed by atoms with Gasteiger partial charge in [0.15, 0.2) is 6.61 Å². The Morgan fingerprint density at radius 1 is 1.44 bits per heavy atom. The first-order valence-electron chi connectivity index (χ1n) is 5.19. The highest BCUT2D eigenvalue weighted by Gasteiger charge is 1.99. The van der Waals surface area contributed by atoms with Crippen LogP contribution in [0.3, 0.4) is 0 Å². The molecule has 0 bridgehead atoms. The minimum absolute atomic E-state index is 0.0686. The molecule has 1 rings (SSSR count). The largest absolute Gasteiger partial charge is 0.479 e. The highest BCUT2D eigenvalue weighted by Crippen LogP contribution is 2.11. The van der Waals surface area contributed by atoms with Gasteiger partial charge in [-0.15, -0.1) is 0 Å². The van der Waals surface area contributed by atoms with Gasteiger partial charge in [0.05, 0.1) is 6.61 Å². The third-order valence-corrected chi connectivity index (χ3v) is 2.16. The highest BCUT2D eigenvalue weighted by molar-refractivity contribution is 5.27. The second-order valence-electron chi connectivity index (χ2n) is 3.56. The van der Waals surface area contributed by atoms with Crippen LogP contribution in [0, 0.1) is 11.3 Å². The van der Waals surface area contributed by atoms with E-state index in [0.29, 0.717) is 12.3 Å². The maximum Gasteiger partial charge on any atom is 0.174 e. The molecule has 0 saturated heterocycles. The SMILES string of the molecule is C[C@H](CO)NCc1ccc(OCC#N)cc1. The van der Waals surface area contributed by atoms with Gasteiger partial charge in [-0.2, -0.15) is 5.26 Å². The number of aliphatic hydroxyl groups excluding tert-OH is 1. The van der Waals surface area contributed by atoms with E-state index in [0.717, 1.165) is 5.56 Å². The van der Waals surface area contributed by atoms with Gasteiger partial charge in [-0.1, -0.05) is 12.1 Å². The molecule has 2 N–H and O–H groups in total. The lowest BCUT2D eigenvalue weighted by atomic mass is 10.2. The van der Waals surface area contributed by atoms with Crippen LogP contribution in [0.5, 0.6) is 5.75 Å². The summed E-state index contributed by atoms with van der Waals surface area (Å²) in [7, 11) is 0. The van der Waals surface area contributed by atoms with Crippen LogP contribution in [0.15, 0.2) is 24.3 Å². The Morgan fingerprint density at radius 3 is 2.69 bits per heavy atom. The van der Waals surface area contributed by atoms with Gasteiger partial charge in [0, 0.05) is 12.6 Å². The quantitative estimate of drug-likeness (QED) is 0.752. The Kier molecular flexibility index (Phi) is 5.34. The topological polar surface area (TPSA) is 65.3 Å². The highest BCUT2D eigenvalue weighted by atomic mass is 16.5. The van der Waals surface area contributed by atoms with Crippen LogP contribution < -0.4 is 10.1 Å². The van der Waals surface area contributed by atoms with Crippen LogP contribution in [0.1, 0.15) is 12.5 Å². The average molecular weight is 220 g/mol. The van der Waals surface area contributed by atoms with Gasteiger partial charge in [0.2, 0.25) is 0 Å². The van der Waals surface area contributed by atoms with Gasteiger partial charge in [-0.3, -0.25) is 0 Å². The van der Waals surface area contributed by atoms with E-state index >= 15 is 0 Å². The molecular formula is C12H16N2O2. The van der Waals surface area contributed by atoms with Crippen molar-refractivity contribution < 1.29 is 9.84 Å². The lowest BCUT2D eigenvalue weighted by Gasteiger charge is -2.10. The molecule has 86 valence electrons. The molecule has 1 atom stereocenters. The molecule has 0 amide bonds. The Hall–Kier alpha value is -1.57. The van der Waals surface area contributed by atoms with Crippen molar-refractivity contribution in [3.05, 3.63) is 29.8 Å². The molecule has 0 radical (unpaired) electrons. The van der Waals surface area contributed by atoms with E-state index in [2.05, 4.69) is 5.32 Å². The van der Waals surface area contributed by atoms with Crippen molar-refractivity contribution in [2.45, 2.75) is 19.5 Å². The first-order valence-corrected chi connectivity index (χ1v) is 5.19. The third-order valence-electron chi connectivity index (χ3n) is 2.16. The number of hydrogen-bond acceptors (Lipinski definition) is 4. The summed E-state index contributed by atoms with van der Waals surface area (Å²) in [6.45, 7) is 2.83. The molecule has 0 unspecified atom stereocenters. The fourth-order valence-corrected chi connectivity index (χ4v) is 1.18. The Labute approximate surface area is 95.5 Å². The van der Waals surface area contributed by atoms with Crippen LogP contribution >= 0.6 is 0 Å². The number of aliphatic hydroxyl groups is 1. The number of nitriles is 1. The average Bonchev–Trinajstić information content (AvgIpc) is 2.34. The maximum absolute atomic E-state index is 8.84. The standard InChI is InChI=1S/C12H16N2O2/c1-10(9-15)14-8-11-2-4-12(5-3-11)16-7-6-13/h2-5,10,14-15H,7-9H2,1H3/t10-/m1/s1. The van der Waals surface area contributed by atoms with Crippen LogP contribution in [0.25, 0.3) is 0 Å². The summed E-state index contributed by atoms with van der Waals surface area (Å²) in [4.78, 5) is 0. The van der Waals surface area contributed by atoms with Crippen LogP contribution in [0.4, 0.5) is 0 Å². The number of benzene rings is 1. The minimum atomic E-state index is 0.0686. The number of ether oxygens (including phenoxy) is 1. The van der Waals surface area contributed by atoms with Crippen molar-refractivity contribution in [3.8, 4) is 11.8 Å². The molecule has 1 aromatic carbocycles. The fraction of sp³-hybridized carbons (Fsp3) is 0.417. The molecule has 0 heterocycles. The van der Waals surface area contributed by atoms with Crippen molar-refractivity contribution in [1.29, 1.82) is 5.26 Å². The van der Waals surface area contributed by atoms with Gasteiger partial charge >= 0.3 is 0 Å². The smallest absolute Gasteiger partial charge is 0.174 e. The molecule has 0 fully saturated rings. The summed E-state index contributed by atoms with van der Waals surface area (Å²) in [5.74, 6) is 0.695. The molecule has 16 heavy (non-hydrogen) atoms. The molecule has 0 spiro atoms. The zero-order valence-corrected chi connectivity index (χ0v) is 9.31. The first-order chi connectivity index (χ1) is 7.76.